The third kappa shape index (κ3) is 2.46. The van der Waals surface area contributed by atoms with Crippen molar-refractivity contribution in [2.24, 2.45) is 5.92 Å². The summed E-state index contributed by atoms with van der Waals surface area (Å²) >= 11 is 0. The molecule has 3 rings (SSSR count). The maximum atomic E-state index is 12.0. The molecule has 1 fully saturated rings. The summed E-state index contributed by atoms with van der Waals surface area (Å²) in [6, 6.07) is 7.90. The van der Waals surface area contributed by atoms with Crippen LogP contribution in [0.15, 0.2) is 24.3 Å². The van der Waals surface area contributed by atoms with Crippen LogP contribution in [0.1, 0.15) is 5.82 Å². The van der Waals surface area contributed by atoms with Crippen molar-refractivity contribution in [1.29, 1.82) is 0 Å². The van der Waals surface area contributed by atoms with Crippen molar-refractivity contribution in [2.75, 3.05) is 19.6 Å². The van der Waals surface area contributed by atoms with Crippen molar-refractivity contribution in [3.8, 4) is 0 Å². The summed E-state index contributed by atoms with van der Waals surface area (Å²) in [6.45, 7) is 5.05. The van der Waals surface area contributed by atoms with Crippen LogP contribution >= 0.6 is 0 Å². The standard InChI is InChI=1S/C14H18N4O/c1-10-17-12-4-2-3-5-13(12)18(10)9-14(19)16-8-11-6-15-7-11/h2-5,11,15H,6-9H2,1H3,(H,16,19). The van der Waals surface area contributed by atoms with E-state index in [1.54, 1.807) is 0 Å². The summed E-state index contributed by atoms with van der Waals surface area (Å²) in [7, 11) is 0. The SMILES string of the molecule is Cc1nc2ccccc2n1CC(=O)NCC1CNC1. The second kappa shape index (κ2) is 5.01. The van der Waals surface area contributed by atoms with Crippen molar-refractivity contribution in [1.82, 2.24) is 20.2 Å². The van der Waals surface area contributed by atoms with E-state index < -0.39 is 0 Å². The Morgan fingerprint density at radius 1 is 1.47 bits per heavy atom. The van der Waals surface area contributed by atoms with Crippen LogP contribution in [0.3, 0.4) is 0 Å². The molecule has 0 unspecified atom stereocenters. The second-order valence-electron chi connectivity index (χ2n) is 5.06. The van der Waals surface area contributed by atoms with Gasteiger partial charge in [0.15, 0.2) is 0 Å². The topological polar surface area (TPSA) is 59.0 Å². The molecule has 2 N–H and O–H groups in total. The van der Waals surface area contributed by atoms with Gasteiger partial charge in [-0.1, -0.05) is 12.1 Å². The van der Waals surface area contributed by atoms with Crippen LogP contribution < -0.4 is 10.6 Å². The zero-order valence-corrected chi connectivity index (χ0v) is 11.0. The molecule has 0 atom stereocenters. The first-order chi connectivity index (χ1) is 9.24. The van der Waals surface area contributed by atoms with Gasteiger partial charge in [-0.25, -0.2) is 4.98 Å². The molecule has 1 saturated heterocycles. The van der Waals surface area contributed by atoms with E-state index in [1.165, 1.54) is 0 Å². The highest BCUT2D eigenvalue weighted by molar-refractivity contribution is 5.81. The molecule has 1 aliphatic rings. The van der Waals surface area contributed by atoms with E-state index in [0.29, 0.717) is 12.5 Å². The Labute approximate surface area is 112 Å². The van der Waals surface area contributed by atoms with Gasteiger partial charge in [0.2, 0.25) is 5.91 Å². The van der Waals surface area contributed by atoms with Crippen molar-refractivity contribution < 1.29 is 4.79 Å². The van der Waals surface area contributed by atoms with E-state index in [0.717, 1.165) is 36.5 Å². The van der Waals surface area contributed by atoms with Crippen LogP contribution in [-0.4, -0.2) is 35.1 Å². The molecule has 0 radical (unpaired) electrons. The molecule has 1 amide bonds. The first-order valence-electron chi connectivity index (χ1n) is 6.63. The number of carbonyl (C=O) groups excluding carboxylic acids is 1. The molecular weight excluding hydrogens is 240 g/mol. The van der Waals surface area contributed by atoms with Gasteiger partial charge in [-0.15, -0.1) is 0 Å². The molecule has 2 aromatic rings. The van der Waals surface area contributed by atoms with Crippen LogP contribution in [0.25, 0.3) is 11.0 Å². The van der Waals surface area contributed by atoms with Gasteiger partial charge in [-0.05, 0) is 19.1 Å². The van der Waals surface area contributed by atoms with Crippen molar-refractivity contribution >= 4 is 16.9 Å². The Kier molecular flexibility index (Phi) is 3.21. The number of nitrogens with zero attached hydrogens (tertiary/aromatic N) is 2. The molecular formula is C14H18N4O. The number of hydrogen-bond acceptors (Lipinski definition) is 3. The maximum absolute atomic E-state index is 12.0. The van der Waals surface area contributed by atoms with Gasteiger partial charge in [0, 0.05) is 25.6 Å². The zero-order chi connectivity index (χ0) is 13.2. The molecule has 0 saturated carbocycles. The average Bonchev–Trinajstić information content (AvgIpc) is 2.64. The number of aryl methyl sites for hydroxylation is 1. The molecule has 19 heavy (non-hydrogen) atoms. The van der Waals surface area contributed by atoms with Gasteiger partial charge >= 0.3 is 0 Å². The molecule has 1 aliphatic heterocycles. The highest BCUT2D eigenvalue weighted by Gasteiger charge is 2.17. The highest BCUT2D eigenvalue weighted by Crippen LogP contribution is 2.15. The first kappa shape index (κ1) is 12.2. The molecule has 0 spiro atoms. The Bertz CT molecular complexity index is 601. The van der Waals surface area contributed by atoms with Gasteiger partial charge in [0.1, 0.15) is 12.4 Å². The maximum Gasteiger partial charge on any atom is 0.240 e. The first-order valence-corrected chi connectivity index (χ1v) is 6.63. The average molecular weight is 258 g/mol. The molecule has 2 heterocycles. The number of amides is 1. The normalized spacial score (nSPS) is 15.4. The molecule has 1 aromatic carbocycles. The minimum Gasteiger partial charge on any atom is -0.354 e. The van der Waals surface area contributed by atoms with Gasteiger partial charge < -0.3 is 15.2 Å². The summed E-state index contributed by atoms with van der Waals surface area (Å²) in [5, 5.41) is 6.18. The smallest absolute Gasteiger partial charge is 0.240 e. The summed E-state index contributed by atoms with van der Waals surface area (Å²) in [5.41, 5.74) is 1.96. The quantitative estimate of drug-likeness (QED) is 0.848. The lowest BCUT2D eigenvalue weighted by atomic mass is 10.0. The van der Waals surface area contributed by atoms with Crippen LogP contribution in [0.4, 0.5) is 0 Å². The van der Waals surface area contributed by atoms with Crippen LogP contribution in [0, 0.1) is 12.8 Å². The number of aromatic nitrogens is 2. The molecule has 0 aliphatic carbocycles. The molecule has 5 nitrogen and oxygen atoms in total. The van der Waals surface area contributed by atoms with E-state index >= 15 is 0 Å². The fraction of sp³-hybridized carbons (Fsp3) is 0.429. The van der Waals surface area contributed by atoms with E-state index in [-0.39, 0.29) is 5.91 Å². The summed E-state index contributed by atoms with van der Waals surface area (Å²) in [6.07, 6.45) is 0. The Hall–Kier alpha value is -1.88. The van der Waals surface area contributed by atoms with Gasteiger partial charge in [0.25, 0.3) is 0 Å². The third-order valence-corrected chi connectivity index (χ3v) is 3.60. The molecule has 1 aromatic heterocycles. The number of rotatable bonds is 4. The Morgan fingerprint density at radius 2 is 2.26 bits per heavy atom. The lowest BCUT2D eigenvalue weighted by Crippen LogP contribution is -2.48. The monoisotopic (exact) mass is 258 g/mol. The van der Waals surface area contributed by atoms with Crippen molar-refractivity contribution in [2.45, 2.75) is 13.5 Å². The molecule has 5 heteroatoms. The highest BCUT2D eigenvalue weighted by atomic mass is 16.1. The summed E-state index contributed by atoms with van der Waals surface area (Å²) in [5.74, 6) is 1.52. The number of carbonyl (C=O) groups is 1. The zero-order valence-electron chi connectivity index (χ0n) is 11.0. The molecule has 100 valence electrons. The number of fused-ring (bicyclic) bond motifs is 1. The fourth-order valence-corrected chi connectivity index (χ4v) is 2.35. The van der Waals surface area contributed by atoms with E-state index in [4.69, 9.17) is 0 Å². The number of para-hydroxylation sites is 2. The van der Waals surface area contributed by atoms with E-state index in [2.05, 4.69) is 15.6 Å². The summed E-state index contributed by atoms with van der Waals surface area (Å²) in [4.78, 5) is 16.4. The Morgan fingerprint density at radius 3 is 3.00 bits per heavy atom. The largest absolute Gasteiger partial charge is 0.354 e. The number of hydrogen-bond donors (Lipinski definition) is 2. The number of nitrogens with one attached hydrogen (secondary N) is 2. The van der Waals surface area contributed by atoms with E-state index in [1.807, 2.05) is 35.8 Å². The minimum atomic E-state index is 0.0538. The lowest BCUT2D eigenvalue weighted by Gasteiger charge is -2.27. The second-order valence-corrected chi connectivity index (χ2v) is 5.06. The van der Waals surface area contributed by atoms with Crippen LogP contribution in [0.5, 0.6) is 0 Å². The van der Waals surface area contributed by atoms with Gasteiger partial charge in [0.05, 0.1) is 11.0 Å². The number of imidazole rings is 1. The fourth-order valence-electron chi connectivity index (χ4n) is 2.35. The molecule has 0 bridgehead atoms. The van der Waals surface area contributed by atoms with Gasteiger partial charge in [-0.3, -0.25) is 4.79 Å². The predicted octanol–water partition coefficient (Wildman–Crippen LogP) is 0.680. The van der Waals surface area contributed by atoms with Crippen LogP contribution in [-0.2, 0) is 11.3 Å². The predicted molar refractivity (Wildman–Crippen MR) is 73.8 cm³/mol. The minimum absolute atomic E-state index is 0.0538. The lowest BCUT2D eigenvalue weighted by molar-refractivity contribution is -0.121. The van der Waals surface area contributed by atoms with Crippen molar-refractivity contribution in [3.05, 3.63) is 30.1 Å². The van der Waals surface area contributed by atoms with Crippen molar-refractivity contribution in [3.63, 3.8) is 0 Å². The number of benzene rings is 1. The Balaban J connectivity index is 1.69. The third-order valence-electron chi connectivity index (χ3n) is 3.60. The summed E-state index contributed by atoms with van der Waals surface area (Å²) < 4.78 is 1.96. The van der Waals surface area contributed by atoms with Gasteiger partial charge in [-0.2, -0.15) is 0 Å². The van der Waals surface area contributed by atoms with Crippen LogP contribution in [0.2, 0.25) is 0 Å². The van der Waals surface area contributed by atoms with E-state index in [9.17, 15) is 4.79 Å².